The van der Waals surface area contributed by atoms with Crippen molar-refractivity contribution >= 4 is 17.5 Å². The molecule has 1 heterocycles. The lowest BCUT2D eigenvalue weighted by Gasteiger charge is -2.73. The number of carbonyl (C=O) groups excluding carboxylic acids is 1. The van der Waals surface area contributed by atoms with Crippen molar-refractivity contribution in [1.29, 1.82) is 0 Å². The molecular weight excluding hydrogens is 457 g/mol. The normalized spacial score (nSPS) is 28.5. The SMILES string of the molecule is O=C(COc1ccc(C(F)(F)F)cc1)NC12CC(N3CCC(Oc4ccc(Cl)cc4)C3)(C1)C2. The van der Waals surface area contributed by atoms with Gasteiger partial charge in [-0.25, -0.2) is 0 Å². The molecule has 5 nitrogen and oxygen atoms in total. The molecule has 0 aromatic heterocycles. The summed E-state index contributed by atoms with van der Waals surface area (Å²) < 4.78 is 49.3. The minimum Gasteiger partial charge on any atom is -0.489 e. The van der Waals surface area contributed by atoms with Gasteiger partial charge >= 0.3 is 6.18 Å². The largest absolute Gasteiger partial charge is 0.489 e. The van der Waals surface area contributed by atoms with Gasteiger partial charge < -0.3 is 14.8 Å². The van der Waals surface area contributed by atoms with Crippen molar-refractivity contribution in [3.05, 3.63) is 59.1 Å². The molecule has 2 aromatic carbocycles. The fraction of sp³-hybridized carbons (Fsp3) is 0.458. The number of ether oxygens (including phenoxy) is 2. The number of likely N-dealkylation sites (tertiary alicyclic amines) is 1. The second-order valence-electron chi connectivity index (χ2n) is 9.32. The number of halogens is 4. The average Bonchev–Trinajstić information content (AvgIpc) is 3.17. The van der Waals surface area contributed by atoms with Crippen LogP contribution in [0.4, 0.5) is 13.2 Å². The highest BCUT2D eigenvalue weighted by Crippen LogP contribution is 2.64. The van der Waals surface area contributed by atoms with E-state index in [9.17, 15) is 18.0 Å². The molecule has 1 amide bonds. The highest BCUT2D eigenvalue weighted by Gasteiger charge is 2.71. The predicted molar refractivity (Wildman–Crippen MR) is 116 cm³/mol. The summed E-state index contributed by atoms with van der Waals surface area (Å²) in [5.74, 6) is 0.796. The summed E-state index contributed by atoms with van der Waals surface area (Å²) in [4.78, 5) is 14.8. The molecule has 1 aliphatic heterocycles. The van der Waals surface area contributed by atoms with Crippen molar-refractivity contribution < 1.29 is 27.4 Å². The predicted octanol–water partition coefficient (Wildman–Crippen LogP) is 4.68. The van der Waals surface area contributed by atoms with Crippen molar-refractivity contribution in [2.45, 2.75) is 49.0 Å². The van der Waals surface area contributed by atoms with E-state index >= 15 is 0 Å². The number of nitrogens with one attached hydrogen (secondary N) is 1. The highest BCUT2D eigenvalue weighted by atomic mass is 35.5. The van der Waals surface area contributed by atoms with Gasteiger partial charge in [-0.2, -0.15) is 13.2 Å². The van der Waals surface area contributed by atoms with Gasteiger partial charge in [-0.05, 0) is 74.2 Å². The fourth-order valence-electron chi connectivity index (χ4n) is 5.38. The third-order valence-electron chi connectivity index (χ3n) is 6.89. The van der Waals surface area contributed by atoms with Gasteiger partial charge in [0.25, 0.3) is 5.91 Å². The van der Waals surface area contributed by atoms with Crippen LogP contribution in [0.5, 0.6) is 11.5 Å². The van der Waals surface area contributed by atoms with Gasteiger partial charge in [0.15, 0.2) is 6.61 Å². The Kier molecular flexibility index (Phi) is 5.48. The molecular formula is C24H24ClF3N2O3. The third kappa shape index (κ3) is 4.51. The maximum atomic E-state index is 12.6. The van der Waals surface area contributed by atoms with E-state index in [-0.39, 0.29) is 35.4 Å². The van der Waals surface area contributed by atoms with Crippen molar-refractivity contribution in [1.82, 2.24) is 10.2 Å². The van der Waals surface area contributed by atoms with Gasteiger partial charge in [0, 0.05) is 29.2 Å². The van der Waals surface area contributed by atoms with Crippen molar-refractivity contribution in [3.63, 3.8) is 0 Å². The first-order valence-electron chi connectivity index (χ1n) is 10.9. The maximum absolute atomic E-state index is 12.6. The van der Waals surface area contributed by atoms with Crippen LogP contribution in [-0.4, -0.2) is 47.7 Å². The van der Waals surface area contributed by atoms with Crippen LogP contribution >= 0.6 is 11.6 Å². The second kappa shape index (κ2) is 8.09. The van der Waals surface area contributed by atoms with Crippen LogP contribution in [0.1, 0.15) is 31.2 Å². The first kappa shape index (κ1) is 22.3. The van der Waals surface area contributed by atoms with Crippen molar-refractivity contribution in [2.24, 2.45) is 0 Å². The molecule has 9 heteroatoms. The molecule has 3 saturated carbocycles. The summed E-state index contributed by atoms with van der Waals surface area (Å²) in [6, 6.07) is 11.7. The molecule has 6 rings (SSSR count). The summed E-state index contributed by atoms with van der Waals surface area (Å²) >= 11 is 5.92. The van der Waals surface area contributed by atoms with Gasteiger partial charge in [-0.3, -0.25) is 9.69 Å². The van der Waals surface area contributed by atoms with Crippen LogP contribution in [-0.2, 0) is 11.0 Å². The Hall–Kier alpha value is -2.45. The zero-order valence-electron chi connectivity index (χ0n) is 17.8. The van der Waals surface area contributed by atoms with Crippen LogP contribution in [0.15, 0.2) is 48.5 Å². The molecule has 0 spiro atoms. The molecule has 176 valence electrons. The topological polar surface area (TPSA) is 50.8 Å². The number of alkyl halides is 3. The Morgan fingerprint density at radius 2 is 1.70 bits per heavy atom. The van der Waals surface area contributed by atoms with Crippen molar-refractivity contribution in [2.75, 3.05) is 19.7 Å². The minimum atomic E-state index is -4.40. The molecule has 2 aromatic rings. The number of amides is 1. The smallest absolute Gasteiger partial charge is 0.416 e. The Labute approximate surface area is 194 Å². The number of carbonyl (C=O) groups is 1. The summed E-state index contributed by atoms with van der Waals surface area (Å²) in [5, 5.41) is 3.74. The lowest BCUT2D eigenvalue weighted by Crippen LogP contribution is -2.83. The van der Waals surface area contributed by atoms with Crippen LogP contribution in [0, 0.1) is 0 Å². The van der Waals surface area contributed by atoms with Crippen LogP contribution < -0.4 is 14.8 Å². The zero-order valence-corrected chi connectivity index (χ0v) is 18.6. The van der Waals surface area contributed by atoms with E-state index in [1.54, 1.807) is 0 Å². The quantitative estimate of drug-likeness (QED) is 0.625. The van der Waals surface area contributed by atoms with Gasteiger partial charge in [0.1, 0.15) is 17.6 Å². The molecule has 1 saturated heterocycles. The zero-order chi connectivity index (χ0) is 23.3. The molecule has 1 atom stereocenters. The summed E-state index contributed by atoms with van der Waals surface area (Å²) in [6.45, 7) is 1.61. The monoisotopic (exact) mass is 480 g/mol. The van der Waals surface area contributed by atoms with Crippen LogP contribution in [0.3, 0.4) is 0 Å². The number of hydrogen-bond donors (Lipinski definition) is 1. The third-order valence-corrected chi connectivity index (χ3v) is 7.14. The lowest BCUT2D eigenvalue weighted by molar-refractivity contribution is -0.179. The first-order valence-corrected chi connectivity index (χ1v) is 11.3. The molecule has 1 N–H and O–H groups in total. The molecule has 4 fully saturated rings. The second-order valence-corrected chi connectivity index (χ2v) is 9.76. The van der Waals surface area contributed by atoms with E-state index < -0.39 is 11.7 Å². The van der Waals surface area contributed by atoms with Crippen molar-refractivity contribution in [3.8, 4) is 11.5 Å². The van der Waals surface area contributed by atoms with Gasteiger partial charge in [0.05, 0.1) is 5.56 Å². The number of rotatable bonds is 7. The Morgan fingerprint density at radius 3 is 2.33 bits per heavy atom. The van der Waals surface area contributed by atoms with Crippen LogP contribution in [0.25, 0.3) is 0 Å². The molecule has 33 heavy (non-hydrogen) atoms. The number of hydrogen-bond acceptors (Lipinski definition) is 4. The summed E-state index contributed by atoms with van der Waals surface area (Å²) in [6.07, 6.45) is -0.584. The fourth-order valence-corrected chi connectivity index (χ4v) is 5.51. The standard InChI is InChI=1S/C24H24ClF3N2O3/c25-17-3-7-19(8-4-17)33-20-9-10-30(11-20)23-13-22(14-23,15-23)29-21(31)12-32-18-5-1-16(2-6-18)24(26,27)28/h1-8,20H,9-15H2,(H,29,31). The maximum Gasteiger partial charge on any atom is 0.416 e. The van der Waals surface area contributed by atoms with E-state index in [1.807, 2.05) is 24.3 Å². The summed E-state index contributed by atoms with van der Waals surface area (Å²) in [7, 11) is 0. The van der Waals surface area contributed by atoms with E-state index in [4.69, 9.17) is 21.1 Å². The van der Waals surface area contributed by atoms with Gasteiger partial charge in [-0.15, -0.1) is 0 Å². The van der Waals surface area contributed by atoms with Gasteiger partial charge in [0.2, 0.25) is 0 Å². The van der Waals surface area contributed by atoms with E-state index in [0.29, 0.717) is 5.02 Å². The first-order chi connectivity index (χ1) is 15.6. The van der Waals surface area contributed by atoms with Gasteiger partial charge in [-0.1, -0.05) is 11.6 Å². The Bertz CT molecular complexity index is 1010. The Morgan fingerprint density at radius 1 is 1.06 bits per heavy atom. The van der Waals surface area contributed by atoms with E-state index in [1.165, 1.54) is 12.1 Å². The van der Waals surface area contributed by atoms with E-state index in [0.717, 1.165) is 56.7 Å². The lowest BCUT2D eigenvalue weighted by atomic mass is 9.43. The molecule has 0 radical (unpaired) electrons. The minimum absolute atomic E-state index is 0.139. The molecule has 2 bridgehead atoms. The average molecular weight is 481 g/mol. The number of benzene rings is 2. The molecule has 3 aliphatic carbocycles. The highest BCUT2D eigenvalue weighted by molar-refractivity contribution is 6.30. The van der Waals surface area contributed by atoms with Crippen LogP contribution in [0.2, 0.25) is 5.02 Å². The number of nitrogens with zero attached hydrogens (tertiary/aromatic N) is 1. The van der Waals surface area contributed by atoms with E-state index in [2.05, 4.69) is 10.2 Å². The summed E-state index contributed by atoms with van der Waals surface area (Å²) in [5.41, 5.74) is -0.795. The molecule has 4 aliphatic rings. The Balaban J connectivity index is 1.05. The molecule has 1 unspecified atom stereocenters.